The lowest BCUT2D eigenvalue weighted by molar-refractivity contribution is -0.140. The second-order valence-corrected chi connectivity index (χ2v) is 5.57. The van der Waals surface area contributed by atoms with E-state index in [1.54, 1.807) is 6.08 Å². The topological polar surface area (TPSA) is 74.7 Å². The van der Waals surface area contributed by atoms with Gasteiger partial charge in [-0.05, 0) is 41.8 Å². The molecular weight excluding hydrogens is 274 g/mol. The molecule has 0 bridgehead atoms. The number of thioether (sulfide) groups is 1. The van der Waals surface area contributed by atoms with Gasteiger partial charge in [-0.15, -0.1) is 11.3 Å². The van der Waals surface area contributed by atoms with Crippen molar-refractivity contribution in [3.63, 3.8) is 0 Å². The summed E-state index contributed by atoms with van der Waals surface area (Å²) in [5.41, 5.74) is 1.02. The highest BCUT2D eigenvalue weighted by Crippen LogP contribution is 2.33. The fourth-order valence-corrected chi connectivity index (χ4v) is 3.18. The molecule has 2 rings (SSSR count). The molecule has 0 aliphatic carbocycles. The minimum Gasteiger partial charge on any atom is -0.480 e. The molecule has 1 saturated heterocycles. The summed E-state index contributed by atoms with van der Waals surface area (Å²) in [6, 6.07) is 1.91. The molecule has 94 valence electrons. The van der Waals surface area contributed by atoms with E-state index in [-0.39, 0.29) is 4.91 Å². The first-order chi connectivity index (χ1) is 8.49. The fourth-order valence-electron chi connectivity index (χ4n) is 1.42. The third kappa shape index (κ3) is 2.46. The van der Waals surface area contributed by atoms with Gasteiger partial charge in [0.2, 0.25) is 0 Å². The smallest absolute Gasteiger partial charge is 0.323 e. The van der Waals surface area contributed by atoms with Gasteiger partial charge in [-0.25, -0.2) is 0 Å². The van der Waals surface area contributed by atoms with Crippen LogP contribution in [0.15, 0.2) is 16.4 Å². The van der Waals surface area contributed by atoms with Crippen molar-refractivity contribution < 1.29 is 19.5 Å². The monoisotopic (exact) mass is 283 g/mol. The molecule has 18 heavy (non-hydrogen) atoms. The zero-order chi connectivity index (χ0) is 13.3. The number of carbonyl (C=O) groups is 3. The zero-order valence-corrected chi connectivity index (χ0v) is 11.0. The average Bonchev–Trinajstić information content (AvgIpc) is 2.79. The molecule has 0 atom stereocenters. The fraction of sp³-hybridized carbons (Fsp3) is 0.182. The number of thiophene rings is 1. The predicted molar refractivity (Wildman–Crippen MR) is 69.4 cm³/mol. The standard InChI is InChI=1S/C11H9NO4S2/c1-6-2-3-17-7(6)4-8-10(15)12(5-9(13)14)11(16)18-8/h2-4H,5H2,1H3,(H,13,14)/b8-4+. The Bertz CT molecular complexity index is 561. The number of nitrogens with zero attached hydrogens (tertiary/aromatic N) is 1. The average molecular weight is 283 g/mol. The van der Waals surface area contributed by atoms with Crippen molar-refractivity contribution in [3.8, 4) is 0 Å². The SMILES string of the molecule is Cc1ccsc1/C=C1/SC(=O)N(CC(=O)O)C1=O. The lowest BCUT2D eigenvalue weighted by atomic mass is 10.2. The van der Waals surface area contributed by atoms with Crippen LogP contribution in [0.1, 0.15) is 10.4 Å². The molecule has 2 heterocycles. The van der Waals surface area contributed by atoms with Gasteiger partial charge in [0.05, 0.1) is 4.91 Å². The molecule has 0 unspecified atom stereocenters. The summed E-state index contributed by atoms with van der Waals surface area (Å²) < 4.78 is 0. The number of aryl methyl sites for hydroxylation is 1. The molecule has 5 nitrogen and oxygen atoms in total. The van der Waals surface area contributed by atoms with Crippen molar-refractivity contribution in [2.24, 2.45) is 0 Å². The van der Waals surface area contributed by atoms with E-state index in [1.165, 1.54) is 11.3 Å². The highest BCUT2D eigenvalue weighted by Gasteiger charge is 2.36. The molecule has 2 amide bonds. The van der Waals surface area contributed by atoms with E-state index >= 15 is 0 Å². The number of carboxylic acid groups (broad SMARTS) is 1. The summed E-state index contributed by atoms with van der Waals surface area (Å²) in [6.07, 6.45) is 1.63. The van der Waals surface area contributed by atoms with Crippen LogP contribution in [0.5, 0.6) is 0 Å². The number of carbonyl (C=O) groups excluding carboxylic acids is 2. The van der Waals surface area contributed by atoms with E-state index in [0.29, 0.717) is 0 Å². The molecule has 0 saturated carbocycles. The molecule has 0 spiro atoms. The van der Waals surface area contributed by atoms with Crippen LogP contribution in [0.25, 0.3) is 6.08 Å². The first-order valence-corrected chi connectivity index (χ1v) is 6.70. The first-order valence-electron chi connectivity index (χ1n) is 5.00. The van der Waals surface area contributed by atoms with E-state index < -0.39 is 23.7 Å². The summed E-state index contributed by atoms with van der Waals surface area (Å²) in [4.78, 5) is 35.8. The molecule has 1 aliphatic heterocycles. The largest absolute Gasteiger partial charge is 0.480 e. The van der Waals surface area contributed by atoms with Gasteiger partial charge >= 0.3 is 5.97 Å². The van der Waals surface area contributed by atoms with Crippen LogP contribution in [-0.4, -0.2) is 33.7 Å². The number of carboxylic acids is 1. The van der Waals surface area contributed by atoms with Gasteiger partial charge in [0.25, 0.3) is 11.1 Å². The number of rotatable bonds is 3. The maximum atomic E-state index is 11.8. The third-order valence-corrected chi connectivity index (χ3v) is 4.20. The number of hydrogen-bond donors (Lipinski definition) is 1. The third-order valence-electron chi connectivity index (χ3n) is 2.33. The van der Waals surface area contributed by atoms with Crippen molar-refractivity contribution >= 4 is 46.3 Å². The lowest BCUT2D eigenvalue weighted by Crippen LogP contribution is -2.33. The van der Waals surface area contributed by atoms with Gasteiger partial charge in [-0.1, -0.05) is 0 Å². The Morgan fingerprint density at radius 2 is 2.22 bits per heavy atom. The Hall–Kier alpha value is -1.60. The Balaban J connectivity index is 2.25. The second-order valence-electron chi connectivity index (χ2n) is 3.63. The van der Waals surface area contributed by atoms with E-state index in [2.05, 4.69) is 0 Å². The normalized spacial score (nSPS) is 17.8. The minimum absolute atomic E-state index is 0.270. The predicted octanol–water partition coefficient (Wildman–Crippen LogP) is 2.18. The van der Waals surface area contributed by atoms with E-state index in [4.69, 9.17) is 5.11 Å². The van der Waals surface area contributed by atoms with E-state index in [9.17, 15) is 14.4 Å². The molecule has 7 heteroatoms. The van der Waals surface area contributed by atoms with Gasteiger partial charge in [0.1, 0.15) is 6.54 Å². The lowest BCUT2D eigenvalue weighted by Gasteiger charge is -2.07. The van der Waals surface area contributed by atoms with Crippen molar-refractivity contribution in [1.29, 1.82) is 0 Å². The Kier molecular flexibility index (Phi) is 3.53. The van der Waals surface area contributed by atoms with E-state index in [0.717, 1.165) is 27.1 Å². The van der Waals surface area contributed by atoms with Crippen molar-refractivity contribution in [2.75, 3.05) is 6.54 Å². The van der Waals surface area contributed by atoms with Crippen LogP contribution in [0.3, 0.4) is 0 Å². The molecular formula is C11H9NO4S2. The van der Waals surface area contributed by atoms with Gasteiger partial charge in [0, 0.05) is 4.88 Å². The maximum Gasteiger partial charge on any atom is 0.323 e. The number of amides is 2. The van der Waals surface area contributed by atoms with Crippen LogP contribution >= 0.6 is 23.1 Å². The van der Waals surface area contributed by atoms with Crippen LogP contribution in [-0.2, 0) is 9.59 Å². The van der Waals surface area contributed by atoms with Gasteiger partial charge in [-0.2, -0.15) is 0 Å². The van der Waals surface area contributed by atoms with Gasteiger partial charge < -0.3 is 5.11 Å². The quantitative estimate of drug-likeness (QED) is 0.861. The molecule has 0 radical (unpaired) electrons. The summed E-state index contributed by atoms with van der Waals surface area (Å²) in [5.74, 6) is -1.74. The molecule has 1 aromatic rings. The number of aliphatic carboxylic acids is 1. The molecule has 1 aromatic heterocycles. The Labute approximate surface area is 111 Å². The highest BCUT2D eigenvalue weighted by molar-refractivity contribution is 8.18. The maximum absolute atomic E-state index is 11.8. The summed E-state index contributed by atoms with van der Waals surface area (Å²) >= 11 is 2.24. The molecule has 1 N–H and O–H groups in total. The first kappa shape index (κ1) is 12.8. The van der Waals surface area contributed by atoms with Crippen LogP contribution in [0.2, 0.25) is 0 Å². The van der Waals surface area contributed by atoms with Crippen LogP contribution in [0, 0.1) is 6.92 Å². The summed E-state index contributed by atoms with van der Waals surface area (Å²) in [7, 11) is 0. The van der Waals surface area contributed by atoms with Crippen molar-refractivity contribution in [1.82, 2.24) is 4.90 Å². The highest BCUT2D eigenvalue weighted by atomic mass is 32.2. The number of hydrogen-bond acceptors (Lipinski definition) is 5. The Morgan fingerprint density at radius 3 is 2.78 bits per heavy atom. The van der Waals surface area contributed by atoms with Crippen molar-refractivity contribution in [3.05, 3.63) is 26.8 Å². The van der Waals surface area contributed by atoms with Crippen LogP contribution < -0.4 is 0 Å². The van der Waals surface area contributed by atoms with Gasteiger partial charge in [0.15, 0.2) is 0 Å². The van der Waals surface area contributed by atoms with E-state index in [1.807, 2.05) is 18.4 Å². The number of imide groups is 1. The van der Waals surface area contributed by atoms with Crippen LogP contribution in [0.4, 0.5) is 4.79 Å². The summed E-state index contributed by atoms with van der Waals surface area (Å²) in [5, 5.41) is 9.98. The van der Waals surface area contributed by atoms with Gasteiger partial charge in [-0.3, -0.25) is 19.3 Å². The Morgan fingerprint density at radius 1 is 1.50 bits per heavy atom. The van der Waals surface area contributed by atoms with Crippen molar-refractivity contribution in [2.45, 2.75) is 6.92 Å². The summed E-state index contributed by atoms with van der Waals surface area (Å²) in [6.45, 7) is 1.31. The molecule has 0 aromatic carbocycles. The molecule has 1 fully saturated rings. The minimum atomic E-state index is -1.20. The molecule has 1 aliphatic rings. The second kappa shape index (κ2) is 4.95. The zero-order valence-electron chi connectivity index (χ0n) is 9.37.